The quantitative estimate of drug-likeness (QED) is 0.844. The summed E-state index contributed by atoms with van der Waals surface area (Å²) in [6.45, 7) is 1.24. The van der Waals surface area contributed by atoms with Gasteiger partial charge in [0.25, 0.3) is 12.3 Å². The number of carbonyl (C=O) groups is 1. The van der Waals surface area contributed by atoms with Crippen molar-refractivity contribution in [2.45, 2.75) is 25.0 Å². The van der Waals surface area contributed by atoms with Gasteiger partial charge in [-0.2, -0.15) is 0 Å². The van der Waals surface area contributed by atoms with Gasteiger partial charge in [-0.3, -0.25) is 4.79 Å². The normalized spacial score (nSPS) is 22.0. The predicted octanol–water partition coefficient (Wildman–Crippen LogP) is 3.53. The van der Waals surface area contributed by atoms with Crippen LogP contribution in [0.2, 0.25) is 0 Å². The minimum atomic E-state index is -2.65. The monoisotopic (exact) mass is 406 g/mol. The van der Waals surface area contributed by atoms with E-state index in [1.165, 1.54) is 37.4 Å². The number of carbonyl (C=O) groups excluding carboxylic acids is 1. The van der Waals surface area contributed by atoms with Gasteiger partial charge in [-0.15, -0.1) is 0 Å². The number of halogens is 3. The van der Waals surface area contributed by atoms with E-state index in [-0.39, 0.29) is 35.8 Å². The van der Waals surface area contributed by atoms with Crippen molar-refractivity contribution < 1.29 is 27.4 Å². The van der Waals surface area contributed by atoms with Gasteiger partial charge in [0, 0.05) is 23.7 Å². The number of nitrogens with one attached hydrogen (secondary N) is 1. The lowest BCUT2D eigenvalue weighted by Crippen LogP contribution is -2.61. The molecule has 2 fully saturated rings. The average Bonchev–Trinajstić information content (AvgIpc) is 2.73. The minimum absolute atomic E-state index is 0.0915. The zero-order valence-corrected chi connectivity index (χ0v) is 15.8. The fraction of sp³-hybridized carbons (Fsp3) is 0.381. The Morgan fingerprint density at radius 3 is 2.86 bits per heavy atom. The molecule has 1 amide bonds. The number of amides is 1. The van der Waals surface area contributed by atoms with Gasteiger partial charge in [0.1, 0.15) is 18.2 Å². The van der Waals surface area contributed by atoms with Crippen LogP contribution in [0.1, 0.15) is 18.4 Å². The number of hydrogen-bond acceptors (Lipinski definition) is 4. The summed E-state index contributed by atoms with van der Waals surface area (Å²) in [7, 11) is 1.43. The topological polar surface area (TPSA) is 50.8 Å². The van der Waals surface area contributed by atoms with Crippen LogP contribution in [0.5, 0.6) is 5.75 Å². The third kappa shape index (κ3) is 3.70. The molecule has 2 atom stereocenters. The van der Waals surface area contributed by atoms with Gasteiger partial charge >= 0.3 is 0 Å². The third-order valence-electron chi connectivity index (χ3n) is 5.39. The number of morpholine rings is 1. The fourth-order valence-electron chi connectivity index (χ4n) is 3.99. The van der Waals surface area contributed by atoms with Gasteiger partial charge < -0.3 is 19.7 Å². The molecule has 154 valence electrons. The number of fused-ring (bicyclic) bond motifs is 1. The van der Waals surface area contributed by atoms with Crippen molar-refractivity contribution in [2.75, 3.05) is 31.7 Å². The average molecular weight is 406 g/mol. The maximum Gasteiger partial charge on any atom is 0.263 e. The highest BCUT2D eigenvalue weighted by molar-refractivity contribution is 5.97. The van der Waals surface area contributed by atoms with Crippen LogP contribution in [0.4, 0.5) is 18.9 Å². The standard InChI is InChI=1S/C21H21F3N2O3/c1-28-18-8-14(12-3-2-4-13(7-12)21(23)24)15(22)9-17(18)26-16-5-6-25-10-19(16)29-11-20(26)27/h2-4,7-9,16,19,21,25H,5-6,10-11H2,1H3/t16-,19-/m1/s1. The van der Waals surface area contributed by atoms with Crippen molar-refractivity contribution in [2.24, 2.45) is 0 Å². The molecule has 2 aromatic rings. The number of rotatable bonds is 4. The van der Waals surface area contributed by atoms with Gasteiger partial charge in [0.2, 0.25) is 0 Å². The van der Waals surface area contributed by atoms with Crippen LogP contribution in [0.25, 0.3) is 11.1 Å². The Balaban J connectivity index is 1.77. The molecule has 29 heavy (non-hydrogen) atoms. The highest BCUT2D eigenvalue weighted by Crippen LogP contribution is 2.39. The van der Waals surface area contributed by atoms with Crippen molar-refractivity contribution in [3.8, 4) is 16.9 Å². The SMILES string of the molecule is COc1cc(-c2cccc(C(F)F)c2)c(F)cc1N1C(=O)CO[C@@H]2CNCC[C@H]21. The van der Waals surface area contributed by atoms with Gasteiger partial charge in [-0.25, -0.2) is 13.2 Å². The number of benzene rings is 2. The second-order valence-corrected chi connectivity index (χ2v) is 7.10. The van der Waals surface area contributed by atoms with Crippen LogP contribution >= 0.6 is 0 Å². The minimum Gasteiger partial charge on any atom is -0.495 e. The summed E-state index contributed by atoms with van der Waals surface area (Å²) in [6.07, 6.45) is -2.17. The molecular weight excluding hydrogens is 385 g/mol. The second-order valence-electron chi connectivity index (χ2n) is 7.10. The number of piperidine rings is 1. The first kappa shape index (κ1) is 19.7. The van der Waals surface area contributed by atoms with E-state index in [9.17, 15) is 13.6 Å². The summed E-state index contributed by atoms with van der Waals surface area (Å²) in [4.78, 5) is 14.2. The summed E-state index contributed by atoms with van der Waals surface area (Å²) in [6, 6.07) is 8.04. The Bertz CT molecular complexity index is 922. The summed E-state index contributed by atoms with van der Waals surface area (Å²) in [5.74, 6) is -0.577. The van der Waals surface area contributed by atoms with E-state index >= 15 is 4.39 Å². The maximum atomic E-state index is 15.1. The largest absolute Gasteiger partial charge is 0.495 e. The third-order valence-corrected chi connectivity index (χ3v) is 5.39. The lowest BCUT2D eigenvalue weighted by molar-refractivity contribution is -0.133. The smallest absolute Gasteiger partial charge is 0.263 e. The number of methoxy groups -OCH3 is 1. The molecule has 0 unspecified atom stereocenters. The maximum absolute atomic E-state index is 15.1. The number of hydrogen-bond donors (Lipinski definition) is 1. The Hall–Kier alpha value is -2.58. The van der Waals surface area contributed by atoms with Crippen LogP contribution < -0.4 is 15.0 Å². The molecule has 5 nitrogen and oxygen atoms in total. The van der Waals surface area contributed by atoms with Gasteiger partial charge in [-0.1, -0.05) is 18.2 Å². The van der Waals surface area contributed by atoms with Crippen molar-refractivity contribution in [3.05, 3.63) is 47.8 Å². The van der Waals surface area contributed by atoms with Crippen LogP contribution in [0.3, 0.4) is 0 Å². The Morgan fingerprint density at radius 1 is 1.28 bits per heavy atom. The Kier molecular flexibility index (Phi) is 5.47. The number of nitrogens with zero attached hydrogens (tertiary/aromatic N) is 1. The lowest BCUT2D eigenvalue weighted by Gasteiger charge is -2.44. The molecular formula is C21H21F3N2O3. The van der Waals surface area contributed by atoms with E-state index in [0.717, 1.165) is 6.54 Å². The van der Waals surface area contributed by atoms with Crippen LogP contribution in [-0.2, 0) is 9.53 Å². The molecule has 0 radical (unpaired) electrons. The molecule has 2 saturated heterocycles. The first-order chi connectivity index (χ1) is 14.0. The van der Waals surface area contributed by atoms with Gasteiger partial charge in [0.05, 0.1) is 24.9 Å². The lowest BCUT2D eigenvalue weighted by atomic mass is 9.97. The highest BCUT2D eigenvalue weighted by atomic mass is 19.3. The first-order valence-electron chi connectivity index (χ1n) is 9.40. The molecule has 0 aliphatic carbocycles. The van der Waals surface area contributed by atoms with E-state index < -0.39 is 12.2 Å². The van der Waals surface area contributed by atoms with Gasteiger partial charge in [0.15, 0.2) is 0 Å². The molecule has 4 rings (SSSR count). The molecule has 8 heteroatoms. The molecule has 0 bridgehead atoms. The molecule has 0 spiro atoms. The molecule has 2 heterocycles. The zero-order valence-electron chi connectivity index (χ0n) is 15.8. The van der Waals surface area contributed by atoms with Gasteiger partial charge in [-0.05, 0) is 30.7 Å². The molecule has 2 aromatic carbocycles. The Morgan fingerprint density at radius 2 is 2.10 bits per heavy atom. The molecule has 2 aliphatic rings. The Labute approximate surface area is 166 Å². The highest BCUT2D eigenvalue weighted by Gasteiger charge is 2.40. The molecule has 1 N–H and O–H groups in total. The van der Waals surface area contributed by atoms with E-state index in [1.54, 1.807) is 11.0 Å². The van der Waals surface area contributed by atoms with Crippen molar-refractivity contribution in [1.29, 1.82) is 0 Å². The van der Waals surface area contributed by atoms with Crippen LogP contribution in [0.15, 0.2) is 36.4 Å². The summed E-state index contributed by atoms with van der Waals surface area (Å²) in [5, 5.41) is 3.23. The van der Waals surface area contributed by atoms with Crippen molar-refractivity contribution in [1.82, 2.24) is 5.32 Å². The number of alkyl halides is 2. The number of anilines is 1. The fourth-order valence-corrected chi connectivity index (χ4v) is 3.99. The zero-order chi connectivity index (χ0) is 20.5. The summed E-state index contributed by atoms with van der Waals surface area (Å²) in [5.41, 5.74) is 0.587. The van der Waals surface area contributed by atoms with E-state index in [0.29, 0.717) is 30.0 Å². The van der Waals surface area contributed by atoms with E-state index in [2.05, 4.69) is 5.32 Å². The van der Waals surface area contributed by atoms with Crippen molar-refractivity contribution >= 4 is 11.6 Å². The summed E-state index contributed by atoms with van der Waals surface area (Å²) < 4.78 is 52.2. The van der Waals surface area contributed by atoms with E-state index in [4.69, 9.17) is 9.47 Å². The first-order valence-corrected chi connectivity index (χ1v) is 9.40. The van der Waals surface area contributed by atoms with Crippen LogP contribution in [0, 0.1) is 5.82 Å². The predicted molar refractivity (Wildman–Crippen MR) is 102 cm³/mol. The summed E-state index contributed by atoms with van der Waals surface area (Å²) >= 11 is 0. The molecule has 0 aromatic heterocycles. The number of ether oxygens (including phenoxy) is 2. The van der Waals surface area contributed by atoms with Crippen LogP contribution in [-0.4, -0.2) is 44.9 Å². The van der Waals surface area contributed by atoms with E-state index in [1.807, 2.05) is 0 Å². The van der Waals surface area contributed by atoms with Crippen molar-refractivity contribution in [3.63, 3.8) is 0 Å². The molecule has 0 saturated carbocycles. The second kappa shape index (κ2) is 8.04. The molecule has 2 aliphatic heterocycles.